The van der Waals surface area contributed by atoms with Crippen molar-refractivity contribution in [2.75, 3.05) is 5.32 Å². The third kappa shape index (κ3) is 2.79. The summed E-state index contributed by atoms with van der Waals surface area (Å²) in [5.74, 6) is 0.440. The molecule has 0 saturated carbocycles. The summed E-state index contributed by atoms with van der Waals surface area (Å²) in [6.45, 7) is 0.494. The first-order valence-corrected chi connectivity index (χ1v) is 6.44. The van der Waals surface area contributed by atoms with Crippen molar-refractivity contribution in [3.05, 3.63) is 60.6 Å². The highest BCUT2D eigenvalue weighted by molar-refractivity contribution is 5.56. The van der Waals surface area contributed by atoms with E-state index >= 15 is 0 Å². The number of aromatic hydroxyl groups is 2. The summed E-state index contributed by atoms with van der Waals surface area (Å²) in [5, 5.41) is 26.2. The van der Waals surface area contributed by atoms with Crippen molar-refractivity contribution in [1.29, 1.82) is 0 Å². The molecule has 3 aromatic rings. The summed E-state index contributed by atoms with van der Waals surface area (Å²) in [5.41, 5.74) is 1.68. The van der Waals surface area contributed by atoms with Crippen LogP contribution in [0.15, 0.2) is 55.0 Å². The molecular formula is C15H14N4O2. The van der Waals surface area contributed by atoms with Crippen LogP contribution in [0.3, 0.4) is 0 Å². The van der Waals surface area contributed by atoms with Crippen LogP contribution in [-0.2, 0) is 6.54 Å². The highest BCUT2D eigenvalue weighted by Gasteiger charge is 2.06. The quantitative estimate of drug-likeness (QED) is 0.639. The minimum atomic E-state index is -0.132. The molecule has 3 rings (SSSR count). The lowest BCUT2D eigenvalue weighted by Gasteiger charge is -2.11. The predicted octanol–water partition coefficient (Wildman–Crippen LogP) is 2.29. The first-order chi connectivity index (χ1) is 10.2. The molecule has 0 aliphatic carbocycles. The number of anilines is 1. The first kappa shape index (κ1) is 13.0. The van der Waals surface area contributed by atoms with Crippen LogP contribution in [-0.4, -0.2) is 25.0 Å². The largest absolute Gasteiger partial charge is 0.504 e. The number of nitrogens with one attached hydrogen (secondary N) is 1. The summed E-state index contributed by atoms with van der Waals surface area (Å²) in [6, 6.07) is 10.3. The van der Waals surface area contributed by atoms with Crippen LogP contribution in [0.5, 0.6) is 11.5 Å². The molecule has 106 valence electrons. The summed E-state index contributed by atoms with van der Waals surface area (Å²) < 4.78 is 1.68. The maximum Gasteiger partial charge on any atom is 0.176 e. The van der Waals surface area contributed by atoms with Gasteiger partial charge in [0.15, 0.2) is 17.3 Å². The second-order valence-corrected chi connectivity index (χ2v) is 4.50. The molecule has 0 atom stereocenters. The number of benzene rings is 1. The Bertz CT molecular complexity index is 741. The van der Waals surface area contributed by atoms with E-state index in [1.54, 1.807) is 23.1 Å². The fourth-order valence-corrected chi connectivity index (χ4v) is 1.99. The monoisotopic (exact) mass is 282 g/mol. The Hall–Kier alpha value is -3.02. The molecular weight excluding hydrogens is 268 g/mol. The molecule has 6 nitrogen and oxygen atoms in total. The Balaban J connectivity index is 1.81. The number of phenolic OH excluding ortho intramolecular Hbond substituents is 2. The SMILES string of the molecule is Oc1ccc(CNc2cccnc2-n2cccn2)cc1O. The fraction of sp³-hybridized carbons (Fsp3) is 0.0667. The Morgan fingerprint density at radius 2 is 1.95 bits per heavy atom. The molecule has 21 heavy (non-hydrogen) atoms. The molecule has 2 aromatic heterocycles. The maximum absolute atomic E-state index is 9.50. The van der Waals surface area contributed by atoms with Gasteiger partial charge >= 0.3 is 0 Å². The average Bonchev–Trinajstić information content (AvgIpc) is 3.03. The summed E-state index contributed by atoms with van der Waals surface area (Å²) in [6.07, 6.45) is 5.21. The topological polar surface area (TPSA) is 83.2 Å². The molecule has 6 heteroatoms. The van der Waals surface area contributed by atoms with Gasteiger partial charge in [0.2, 0.25) is 0 Å². The van der Waals surface area contributed by atoms with Crippen molar-refractivity contribution in [2.45, 2.75) is 6.54 Å². The zero-order valence-electron chi connectivity index (χ0n) is 11.1. The summed E-state index contributed by atoms with van der Waals surface area (Å²) >= 11 is 0. The van der Waals surface area contributed by atoms with E-state index in [1.807, 2.05) is 24.4 Å². The van der Waals surface area contributed by atoms with Crippen LogP contribution in [0.2, 0.25) is 0 Å². The van der Waals surface area contributed by atoms with Crippen molar-refractivity contribution >= 4 is 5.69 Å². The van der Waals surface area contributed by atoms with E-state index in [-0.39, 0.29) is 11.5 Å². The first-order valence-electron chi connectivity index (χ1n) is 6.44. The van der Waals surface area contributed by atoms with Crippen molar-refractivity contribution in [3.8, 4) is 17.3 Å². The molecule has 0 amide bonds. The second-order valence-electron chi connectivity index (χ2n) is 4.50. The van der Waals surface area contributed by atoms with Crippen molar-refractivity contribution in [1.82, 2.24) is 14.8 Å². The van der Waals surface area contributed by atoms with Crippen molar-refractivity contribution in [3.63, 3.8) is 0 Å². The second kappa shape index (κ2) is 5.54. The fourth-order valence-electron chi connectivity index (χ4n) is 1.99. The summed E-state index contributed by atoms with van der Waals surface area (Å²) in [4.78, 5) is 4.31. The average molecular weight is 282 g/mol. The van der Waals surface area contributed by atoms with Crippen LogP contribution in [0.1, 0.15) is 5.56 Å². The van der Waals surface area contributed by atoms with Gasteiger partial charge in [-0.2, -0.15) is 5.10 Å². The van der Waals surface area contributed by atoms with Crippen LogP contribution >= 0.6 is 0 Å². The molecule has 0 saturated heterocycles. The minimum Gasteiger partial charge on any atom is -0.504 e. The molecule has 0 bridgehead atoms. The smallest absolute Gasteiger partial charge is 0.176 e. The van der Waals surface area contributed by atoms with Gasteiger partial charge in [0.25, 0.3) is 0 Å². The van der Waals surface area contributed by atoms with E-state index in [4.69, 9.17) is 0 Å². The van der Waals surface area contributed by atoms with Gasteiger partial charge in [0.1, 0.15) is 0 Å². The minimum absolute atomic E-state index is 0.127. The number of hydrogen-bond donors (Lipinski definition) is 3. The van der Waals surface area contributed by atoms with Gasteiger partial charge in [0, 0.05) is 25.1 Å². The van der Waals surface area contributed by atoms with Gasteiger partial charge in [-0.15, -0.1) is 0 Å². The molecule has 1 aromatic carbocycles. The standard InChI is InChI=1S/C15H14N4O2/c20-13-5-4-11(9-14(13)21)10-17-12-3-1-6-16-15(12)19-8-2-7-18-19/h1-9,17,20-21H,10H2. The third-order valence-electron chi connectivity index (χ3n) is 3.03. The van der Waals surface area contributed by atoms with Crippen LogP contribution in [0.25, 0.3) is 5.82 Å². The number of phenols is 2. The van der Waals surface area contributed by atoms with Gasteiger partial charge in [-0.1, -0.05) is 6.07 Å². The molecule has 0 radical (unpaired) electrons. The molecule has 0 unspecified atom stereocenters. The number of pyridine rings is 1. The normalized spacial score (nSPS) is 10.5. The lowest BCUT2D eigenvalue weighted by Crippen LogP contribution is -2.06. The Kier molecular flexibility index (Phi) is 3.42. The predicted molar refractivity (Wildman–Crippen MR) is 78.5 cm³/mol. The van der Waals surface area contributed by atoms with Gasteiger partial charge in [-0.25, -0.2) is 9.67 Å². The Morgan fingerprint density at radius 1 is 1.05 bits per heavy atom. The highest BCUT2D eigenvalue weighted by atomic mass is 16.3. The number of aromatic nitrogens is 3. The van der Waals surface area contributed by atoms with Gasteiger partial charge in [-0.05, 0) is 35.9 Å². The van der Waals surface area contributed by atoms with Crippen LogP contribution < -0.4 is 5.32 Å². The van der Waals surface area contributed by atoms with E-state index < -0.39 is 0 Å². The zero-order valence-corrected chi connectivity index (χ0v) is 11.1. The van der Waals surface area contributed by atoms with E-state index in [0.717, 1.165) is 11.3 Å². The van der Waals surface area contributed by atoms with Gasteiger partial charge in [0.05, 0.1) is 5.69 Å². The van der Waals surface area contributed by atoms with Crippen LogP contribution in [0.4, 0.5) is 5.69 Å². The zero-order chi connectivity index (χ0) is 14.7. The van der Waals surface area contributed by atoms with Crippen molar-refractivity contribution < 1.29 is 10.2 Å². The number of rotatable bonds is 4. The van der Waals surface area contributed by atoms with E-state index in [9.17, 15) is 10.2 Å². The third-order valence-corrected chi connectivity index (χ3v) is 3.03. The number of nitrogens with zero attached hydrogens (tertiary/aromatic N) is 3. The van der Waals surface area contributed by atoms with Gasteiger partial charge in [-0.3, -0.25) is 0 Å². The van der Waals surface area contributed by atoms with E-state index in [2.05, 4.69) is 15.4 Å². The molecule has 0 fully saturated rings. The summed E-state index contributed by atoms with van der Waals surface area (Å²) in [7, 11) is 0. The Labute approximate surface area is 121 Å². The molecule has 0 aliphatic heterocycles. The van der Waals surface area contributed by atoms with Crippen LogP contribution in [0, 0.1) is 0 Å². The molecule has 0 spiro atoms. The molecule has 0 aliphatic rings. The maximum atomic E-state index is 9.50. The Morgan fingerprint density at radius 3 is 2.71 bits per heavy atom. The molecule has 2 heterocycles. The van der Waals surface area contributed by atoms with E-state index in [0.29, 0.717) is 12.4 Å². The van der Waals surface area contributed by atoms with Gasteiger partial charge < -0.3 is 15.5 Å². The number of hydrogen-bond acceptors (Lipinski definition) is 5. The lowest BCUT2D eigenvalue weighted by molar-refractivity contribution is 0.403. The lowest BCUT2D eigenvalue weighted by atomic mass is 10.2. The van der Waals surface area contributed by atoms with E-state index in [1.165, 1.54) is 12.1 Å². The van der Waals surface area contributed by atoms with Crippen molar-refractivity contribution in [2.24, 2.45) is 0 Å². The molecule has 3 N–H and O–H groups in total. The highest BCUT2D eigenvalue weighted by Crippen LogP contribution is 2.25.